The molecular weight excluding hydrogens is 544 g/mol. The number of rotatable bonds is 6. The number of aromatic nitrogens is 4. The first-order chi connectivity index (χ1) is 20.1. The maximum atomic E-state index is 13.0. The molecular formula is C29H28N6O7. The quantitative estimate of drug-likeness (QED) is 0.291. The Balaban J connectivity index is 1.28. The number of aliphatic hydroxyl groups excluding tert-OH is 2. The number of hydrogen-bond acceptors (Lipinski definition) is 10. The van der Waals surface area contributed by atoms with Crippen molar-refractivity contribution < 1.29 is 34.2 Å². The van der Waals surface area contributed by atoms with Crippen LogP contribution in [0.5, 0.6) is 0 Å². The maximum absolute atomic E-state index is 13.0. The first kappa shape index (κ1) is 27.6. The lowest BCUT2D eigenvalue weighted by Crippen LogP contribution is -2.43. The Kier molecular flexibility index (Phi) is 6.81. The standard InChI is InChI=1S/C29H28N6O7/c1-29(2,3)16-10-8-15(9-11-16)25(38)33-23-20-24(31-13-30-23)34(14-32-20)28-22(21(37)19(12-36)41-28)42-35-26(39)17-6-4-5-7-18(17)27(35)40/h4-11,13-14,19,21-22,28,36-37H,12H2,1-3H3,(H,30,31,33,38)/t19-,21-,22-,28-/m1/s1. The summed E-state index contributed by atoms with van der Waals surface area (Å²) in [6, 6.07) is 13.5. The average Bonchev–Trinajstić information content (AvgIpc) is 3.62. The highest BCUT2D eigenvalue weighted by Crippen LogP contribution is 2.36. The average molecular weight is 573 g/mol. The van der Waals surface area contributed by atoms with E-state index < -0.39 is 48.9 Å². The fourth-order valence-electron chi connectivity index (χ4n) is 5.02. The molecule has 2 aliphatic rings. The van der Waals surface area contributed by atoms with E-state index in [0.29, 0.717) is 10.6 Å². The summed E-state index contributed by atoms with van der Waals surface area (Å²) in [4.78, 5) is 57.5. The van der Waals surface area contributed by atoms with Crippen molar-refractivity contribution in [2.75, 3.05) is 11.9 Å². The summed E-state index contributed by atoms with van der Waals surface area (Å²) >= 11 is 0. The van der Waals surface area contributed by atoms with Crippen molar-refractivity contribution in [1.82, 2.24) is 24.6 Å². The molecule has 6 rings (SSSR count). The number of amides is 3. The summed E-state index contributed by atoms with van der Waals surface area (Å²) in [5.41, 5.74) is 2.22. The molecule has 13 heteroatoms. The Hall–Kier alpha value is -4.56. The predicted molar refractivity (Wildman–Crippen MR) is 147 cm³/mol. The molecule has 0 unspecified atom stereocenters. The number of imide groups is 1. The Bertz CT molecular complexity index is 1660. The number of anilines is 1. The van der Waals surface area contributed by atoms with Crippen LogP contribution < -0.4 is 5.32 Å². The lowest BCUT2D eigenvalue weighted by atomic mass is 9.87. The van der Waals surface area contributed by atoms with Gasteiger partial charge in [0.1, 0.15) is 18.5 Å². The number of carbonyl (C=O) groups is 3. The number of carbonyl (C=O) groups excluding carboxylic acids is 3. The van der Waals surface area contributed by atoms with Crippen molar-refractivity contribution >= 4 is 34.7 Å². The zero-order valence-electron chi connectivity index (χ0n) is 23.0. The Labute approximate surface area is 239 Å². The summed E-state index contributed by atoms with van der Waals surface area (Å²) in [6.45, 7) is 5.69. The van der Waals surface area contributed by atoms with Crippen molar-refractivity contribution in [2.24, 2.45) is 0 Å². The highest BCUT2D eigenvalue weighted by atomic mass is 16.7. The summed E-state index contributed by atoms with van der Waals surface area (Å²) in [7, 11) is 0. The fourth-order valence-corrected chi connectivity index (χ4v) is 5.02. The minimum absolute atomic E-state index is 0.0630. The van der Waals surface area contributed by atoms with Crippen molar-refractivity contribution in [3.05, 3.63) is 83.4 Å². The summed E-state index contributed by atoms with van der Waals surface area (Å²) in [6.07, 6.45) is -2.40. The smallest absolute Gasteiger partial charge is 0.285 e. The van der Waals surface area contributed by atoms with Gasteiger partial charge in [-0.25, -0.2) is 15.0 Å². The number of hydroxylamine groups is 2. The predicted octanol–water partition coefficient (Wildman–Crippen LogP) is 2.22. The molecule has 216 valence electrons. The van der Waals surface area contributed by atoms with Gasteiger partial charge in [-0.2, -0.15) is 0 Å². The van der Waals surface area contributed by atoms with E-state index in [-0.39, 0.29) is 33.5 Å². The van der Waals surface area contributed by atoms with Gasteiger partial charge in [0.05, 0.1) is 24.1 Å². The van der Waals surface area contributed by atoms with Crippen molar-refractivity contribution in [1.29, 1.82) is 0 Å². The van der Waals surface area contributed by atoms with Crippen LogP contribution in [0.1, 0.15) is 63.6 Å². The van der Waals surface area contributed by atoms with Gasteiger partial charge in [-0.15, -0.1) is 5.06 Å². The molecule has 1 fully saturated rings. The number of benzene rings is 2. The largest absolute Gasteiger partial charge is 0.394 e. The summed E-state index contributed by atoms with van der Waals surface area (Å²) < 4.78 is 7.30. The molecule has 0 saturated carbocycles. The van der Waals surface area contributed by atoms with Crippen LogP contribution in [0.15, 0.2) is 61.2 Å². The van der Waals surface area contributed by atoms with E-state index in [9.17, 15) is 24.6 Å². The molecule has 0 radical (unpaired) electrons. The third-order valence-corrected chi connectivity index (χ3v) is 7.35. The molecule has 0 spiro atoms. The van der Waals surface area contributed by atoms with Gasteiger partial charge < -0.3 is 20.3 Å². The normalized spacial score (nSPS) is 22.2. The van der Waals surface area contributed by atoms with Gasteiger partial charge in [0.25, 0.3) is 17.7 Å². The minimum atomic E-state index is -1.42. The molecule has 42 heavy (non-hydrogen) atoms. The van der Waals surface area contributed by atoms with Crippen LogP contribution in [0.3, 0.4) is 0 Å². The highest BCUT2D eigenvalue weighted by Gasteiger charge is 2.50. The molecule has 2 aliphatic heterocycles. The molecule has 4 heterocycles. The lowest BCUT2D eigenvalue weighted by molar-refractivity contribution is -0.177. The van der Waals surface area contributed by atoms with E-state index in [1.165, 1.54) is 29.4 Å². The Morgan fingerprint density at radius 2 is 1.69 bits per heavy atom. The third kappa shape index (κ3) is 4.61. The maximum Gasteiger partial charge on any atom is 0.285 e. The van der Waals surface area contributed by atoms with Gasteiger partial charge in [0.2, 0.25) is 0 Å². The topological polar surface area (TPSA) is 169 Å². The molecule has 2 aromatic carbocycles. The van der Waals surface area contributed by atoms with Gasteiger partial charge >= 0.3 is 0 Å². The number of imidazole rings is 1. The molecule has 3 amide bonds. The van der Waals surface area contributed by atoms with E-state index in [2.05, 4.69) is 41.0 Å². The molecule has 0 bridgehead atoms. The summed E-state index contributed by atoms with van der Waals surface area (Å²) in [5.74, 6) is -1.64. The van der Waals surface area contributed by atoms with Gasteiger partial charge in [-0.3, -0.25) is 23.8 Å². The first-order valence-corrected chi connectivity index (χ1v) is 13.3. The zero-order chi connectivity index (χ0) is 29.8. The molecule has 4 aromatic rings. The minimum Gasteiger partial charge on any atom is -0.394 e. The van der Waals surface area contributed by atoms with E-state index in [4.69, 9.17) is 9.57 Å². The highest BCUT2D eigenvalue weighted by molar-refractivity contribution is 6.20. The van der Waals surface area contributed by atoms with E-state index in [1.807, 2.05) is 12.1 Å². The second kappa shape index (κ2) is 10.4. The molecule has 4 atom stereocenters. The van der Waals surface area contributed by atoms with Crippen LogP contribution in [0.25, 0.3) is 11.2 Å². The van der Waals surface area contributed by atoms with Gasteiger partial charge in [-0.05, 0) is 35.2 Å². The second-order valence-corrected chi connectivity index (χ2v) is 11.1. The number of nitrogens with one attached hydrogen (secondary N) is 1. The molecule has 1 saturated heterocycles. The van der Waals surface area contributed by atoms with Crippen molar-refractivity contribution in [3.8, 4) is 0 Å². The van der Waals surface area contributed by atoms with Crippen LogP contribution >= 0.6 is 0 Å². The van der Waals surface area contributed by atoms with Crippen LogP contribution in [0.2, 0.25) is 0 Å². The van der Waals surface area contributed by atoms with E-state index >= 15 is 0 Å². The second-order valence-electron chi connectivity index (χ2n) is 11.1. The van der Waals surface area contributed by atoms with Crippen LogP contribution in [-0.2, 0) is 15.0 Å². The zero-order valence-corrected chi connectivity index (χ0v) is 23.0. The SMILES string of the molecule is CC(C)(C)c1ccc(C(=O)Nc2ncnc3c2ncn3[C@@H]2O[C@H](CO)[C@@H](O)[C@H]2ON2C(=O)c3ccccc3C2=O)cc1. The first-order valence-electron chi connectivity index (χ1n) is 13.3. The van der Waals surface area contributed by atoms with Crippen LogP contribution in [0, 0.1) is 0 Å². The van der Waals surface area contributed by atoms with Crippen LogP contribution in [-0.4, -0.2) is 77.4 Å². The number of aliphatic hydroxyl groups is 2. The van der Waals surface area contributed by atoms with Crippen molar-refractivity contribution in [3.63, 3.8) is 0 Å². The monoisotopic (exact) mass is 572 g/mol. The Morgan fingerprint density at radius 1 is 1.02 bits per heavy atom. The van der Waals surface area contributed by atoms with E-state index in [0.717, 1.165) is 5.56 Å². The van der Waals surface area contributed by atoms with Crippen molar-refractivity contribution in [2.45, 2.75) is 50.7 Å². The molecule has 0 aliphatic carbocycles. The van der Waals surface area contributed by atoms with Gasteiger partial charge in [-0.1, -0.05) is 45.0 Å². The molecule has 13 nitrogen and oxygen atoms in total. The van der Waals surface area contributed by atoms with Gasteiger partial charge in [0.15, 0.2) is 29.3 Å². The number of fused-ring (bicyclic) bond motifs is 2. The third-order valence-electron chi connectivity index (χ3n) is 7.35. The molecule has 3 N–H and O–H groups in total. The number of nitrogens with zero attached hydrogens (tertiary/aromatic N) is 5. The Morgan fingerprint density at radius 3 is 2.31 bits per heavy atom. The van der Waals surface area contributed by atoms with Gasteiger partial charge in [0, 0.05) is 5.56 Å². The van der Waals surface area contributed by atoms with E-state index in [1.54, 1.807) is 24.3 Å². The lowest BCUT2D eigenvalue weighted by Gasteiger charge is -2.25. The fraction of sp³-hybridized carbons (Fsp3) is 0.310. The summed E-state index contributed by atoms with van der Waals surface area (Å²) in [5, 5.41) is 24.1. The number of hydrogen-bond donors (Lipinski definition) is 3. The van der Waals surface area contributed by atoms with Crippen LogP contribution in [0.4, 0.5) is 5.82 Å². The number of ether oxygens (including phenoxy) is 1. The molecule has 2 aromatic heterocycles.